The number of hydrogen-bond acceptors (Lipinski definition) is 6. The van der Waals surface area contributed by atoms with Crippen molar-refractivity contribution in [3.8, 4) is 0 Å². The van der Waals surface area contributed by atoms with E-state index in [-0.39, 0.29) is 17.7 Å². The van der Waals surface area contributed by atoms with Crippen LogP contribution < -0.4 is 5.56 Å². The molecule has 0 bridgehead atoms. The third kappa shape index (κ3) is 3.68. The van der Waals surface area contributed by atoms with Crippen molar-refractivity contribution in [3.63, 3.8) is 0 Å². The van der Waals surface area contributed by atoms with Crippen LogP contribution in [0.4, 0.5) is 13.2 Å². The highest BCUT2D eigenvalue weighted by Crippen LogP contribution is 2.29. The lowest BCUT2D eigenvalue weighted by atomic mass is 10.1. The van der Waals surface area contributed by atoms with Gasteiger partial charge in [-0.15, -0.1) is 0 Å². The van der Waals surface area contributed by atoms with E-state index in [1.165, 1.54) is 6.07 Å². The molecule has 130 valence electrons. The smallest absolute Gasteiger partial charge is 0.416 e. The highest BCUT2D eigenvalue weighted by Gasteiger charge is 2.30. The molecule has 25 heavy (non-hydrogen) atoms. The molecule has 0 saturated carbocycles. The molecule has 10 heteroatoms. The van der Waals surface area contributed by atoms with Crippen LogP contribution in [0.5, 0.6) is 0 Å². The summed E-state index contributed by atoms with van der Waals surface area (Å²) in [4.78, 5) is 28.2. The summed E-state index contributed by atoms with van der Waals surface area (Å²) in [5.41, 5.74) is -0.669. The van der Waals surface area contributed by atoms with E-state index in [2.05, 4.69) is 10.1 Å². The zero-order valence-electron chi connectivity index (χ0n) is 12.7. The van der Waals surface area contributed by atoms with Crippen LogP contribution in [0, 0.1) is 6.92 Å². The maximum atomic E-state index is 12.5. The van der Waals surface area contributed by atoms with Crippen LogP contribution >= 0.6 is 11.3 Å². The van der Waals surface area contributed by atoms with Crippen LogP contribution in [0.2, 0.25) is 0 Å². The van der Waals surface area contributed by atoms with Gasteiger partial charge < -0.3 is 4.74 Å². The number of rotatable bonds is 3. The van der Waals surface area contributed by atoms with Gasteiger partial charge in [0.15, 0.2) is 5.01 Å². The number of carbonyl (C=O) groups is 1. The quantitative estimate of drug-likeness (QED) is 0.664. The largest absolute Gasteiger partial charge is 0.455 e. The van der Waals surface area contributed by atoms with Crippen molar-refractivity contribution in [3.05, 3.63) is 62.5 Å². The average molecular weight is 369 g/mol. The molecule has 3 rings (SSSR count). The molecule has 0 fully saturated rings. The van der Waals surface area contributed by atoms with Crippen molar-refractivity contribution in [1.82, 2.24) is 14.6 Å². The van der Waals surface area contributed by atoms with Crippen molar-refractivity contribution in [2.24, 2.45) is 0 Å². The van der Waals surface area contributed by atoms with Crippen LogP contribution in [0.25, 0.3) is 4.96 Å². The molecular weight excluding hydrogens is 359 g/mol. The monoisotopic (exact) mass is 369 g/mol. The van der Waals surface area contributed by atoms with Gasteiger partial charge in [-0.3, -0.25) is 4.79 Å². The molecule has 0 unspecified atom stereocenters. The Hall–Kier alpha value is -2.75. The lowest BCUT2D eigenvalue weighted by molar-refractivity contribution is -0.137. The molecule has 2 aromatic heterocycles. The van der Waals surface area contributed by atoms with Gasteiger partial charge in [0.1, 0.15) is 6.61 Å². The summed E-state index contributed by atoms with van der Waals surface area (Å²) in [5, 5.41) is 4.34. The Bertz CT molecular complexity index is 993. The number of benzene rings is 1. The molecule has 2 heterocycles. The lowest BCUT2D eigenvalue weighted by Gasteiger charge is -2.07. The zero-order chi connectivity index (χ0) is 18.2. The molecule has 0 aliphatic rings. The average Bonchev–Trinajstić information content (AvgIpc) is 2.95. The summed E-state index contributed by atoms with van der Waals surface area (Å²) >= 11 is 1.08. The summed E-state index contributed by atoms with van der Waals surface area (Å²) < 4.78 is 43.6. The molecular formula is C15H10F3N3O3S. The molecule has 0 saturated heterocycles. The standard InChI is InChI=1S/C15H10F3N3O3S/c1-8-6-12(22)21-14(19-8)25-11(20-21)7-24-13(23)9-2-4-10(5-3-9)15(16,17)18/h2-6H,7H2,1H3. The Kier molecular flexibility index (Phi) is 4.29. The molecule has 0 radical (unpaired) electrons. The third-order valence-corrected chi connectivity index (χ3v) is 4.07. The number of fused-ring (bicyclic) bond motifs is 1. The normalized spacial score (nSPS) is 11.7. The minimum absolute atomic E-state index is 0.0137. The van der Waals surface area contributed by atoms with Gasteiger partial charge in [0, 0.05) is 11.8 Å². The van der Waals surface area contributed by atoms with Crippen LogP contribution in [0.1, 0.15) is 26.6 Å². The molecule has 0 amide bonds. The molecule has 0 N–H and O–H groups in total. The molecule has 6 nitrogen and oxygen atoms in total. The van der Waals surface area contributed by atoms with Gasteiger partial charge in [-0.2, -0.15) is 22.8 Å². The number of carbonyl (C=O) groups excluding carboxylic acids is 1. The number of aryl methyl sites for hydroxylation is 1. The van der Waals surface area contributed by atoms with Crippen LogP contribution in [0.15, 0.2) is 35.1 Å². The van der Waals surface area contributed by atoms with E-state index in [4.69, 9.17) is 4.74 Å². The van der Waals surface area contributed by atoms with Gasteiger partial charge in [0.05, 0.1) is 11.1 Å². The Morgan fingerprint density at radius 3 is 2.60 bits per heavy atom. The minimum atomic E-state index is -4.47. The second kappa shape index (κ2) is 6.28. The maximum absolute atomic E-state index is 12.5. The SMILES string of the molecule is Cc1cc(=O)n2nc(COC(=O)c3ccc(C(F)(F)F)cc3)sc2n1. The van der Waals surface area contributed by atoms with Crippen LogP contribution in [-0.4, -0.2) is 20.6 Å². The van der Waals surface area contributed by atoms with E-state index in [1.54, 1.807) is 6.92 Å². The van der Waals surface area contributed by atoms with Crippen LogP contribution in [0.3, 0.4) is 0 Å². The third-order valence-electron chi connectivity index (χ3n) is 3.19. The van der Waals surface area contributed by atoms with Gasteiger partial charge in [-0.05, 0) is 31.2 Å². The van der Waals surface area contributed by atoms with Gasteiger partial charge in [-0.25, -0.2) is 9.78 Å². The fourth-order valence-electron chi connectivity index (χ4n) is 2.02. The summed E-state index contributed by atoms with van der Waals surface area (Å²) in [6.07, 6.45) is -4.47. The molecule has 0 spiro atoms. The highest BCUT2D eigenvalue weighted by molar-refractivity contribution is 7.16. The van der Waals surface area contributed by atoms with Crippen LogP contribution in [-0.2, 0) is 17.5 Å². The second-order valence-electron chi connectivity index (χ2n) is 5.08. The summed E-state index contributed by atoms with van der Waals surface area (Å²) in [6.45, 7) is 1.46. The molecule has 0 aliphatic heterocycles. The number of halogens is 3. The number of esters is 1. The van der Waals surface area contributed by atoms with Crippen molar-refractivity contribution in [2.45, 2.75) is 19.7 Å². The molecule has 0 aliphatic carbocycles. The van der Waals surface area contributed by atoms with Gasteiger partial charge in [0.2, 0.25) is 4.96 Å². The van der Waals surface area contributed by atoms with Crippen molar-refractivity contribution in [2.75, 3.05) is 0 Å². The maximum Gasteiger partial charge on any atom is 0.416 e. The van der Waals surface area contributed by atoms with E-state index < -0.39 is 17.7 Å². The first kappa shape index (κ1) is 17.1. The number of alkyl halides is 3. The predicted molar refractivity (Wildman–Crippen MR) is 82.4 cm³/mol. The zero-order valence-corrected chi connectivity index (χ0v) is 13.5. The fraction of sp³-hybridized carbons (Fsp3) is 0.200. The molecule has 0 atom stereocenters. The van der Waals surface area contributed by atoms with E-state index in [1.807, 2.05) is 0 Å². The number of nitrogens with zero attached hydrogens (tertiary/aromatic N) is 3. The Morgan fingerprint density at radius 2 is 1.96 bits per heavy atom. The Labute approximate surface area is 142 Å². The predicted octanol–water partition coefficient (Wildman–Crippen LogP) is 2.84. The van der Waals surface area contributed by atoms with E-state index in [0.29, 0.717) is 15.7 Å². The second-order valence-corrected chi connectivity index (χ2v) is 6.12. The first-order valence-electron chi connectivity index (χ1n) is 6.95. The van der Waals surface area contributed by atoms with Crippen molar-refractivity contribution in [1.29, 1.82) is 0 Å². The summed E-state index contributed by atoms with van der Waals surface area (Å²) in [5.74, 6) is -0.788. The molecule has 1 aromatic carbocycles. The first-order chi connectivity index (χ1) is 11.7. The number of aromatic nitrogens is 3. The van der Waals surface area contributed by atoms with E-state index >= 15 is 0 Å². The lowest BCUT2D eigenvalue weighted by Crippen LogP contribution is -2.14. The Morgan fingerprint density at radius 1 is 1.28 bits per heavy atom. The van der Waals surface area contributed by atoms with Gasteiger partial charge in [-0.1, -0.05) is 11.3 Å². The Balaban J connectivity index is 1.72. The minimum Gasteiger partial charge on any atom is -0.455 e. The van der Waals surface area contributed by atoms with Crippen molar-refractivity contribution >= 4 is 22.3 Å². The van der Waals surface area contributed by atoms with Gasteiger partial charge in [0.25, 0.3) is 5.56 Å². The van der Waals surface area contributed by atoms with E-state index in [0.717, 1.165) is 40.1 Å². The van der Waals surface area contributed by atoms with E-state index in [9.17, 15) is 22.8 Å². The topological polar surface area (TPSA) is 73.6 Å². The van der Waals surface area contributed by atoms with Gasteiger partial charge >= 0.3 is 12.1 Å². The molecule has 3 aromatic rings. The summed E-state index contributed by atoms with van der Waals surface area (Å²) in [6, 6.07) is 5.02. The fourth-order valence-corrected chi connectivity index (χ4v) is 2.88. The highest BCUT2D eigenvalue weighted by atomic mass is 32.1. The van der Waals surface area contributed by atoms with Crippen molar-refractivity contribution < 1.29 is 22.7 Å². The number of hydrogen-bond donors (Lipinski definition) is 0. The number of ether oxygens (including phenoxy) is 1. The summed E-state index contributed by atoms with van der Waals surface area (Å²) in [7, 11) is 0. The first-order valence-corrected chi connectivity index (χ1v) is 7.76.